The van der Waals surface area contributed by atoms with E-state index in [1.165, 1.54) is 18.4 Å². The summed E-state index contributed by atoms with van der Waals surface area (Å²) in [7, 11) is 0. The highest BCUT2D eigenvalue weighted by Crippen LogP contribution is 2.35. The highest BCUT2D eigenvalue weighted by Gasteiger charge is 2.33. The summed E-state index contributed by atoms with van der Waals surface area (Å²) in [5.41, 5.74) is 1.19. The topological polar surface area (TPSA) is 30.2 Å². The molecule has 1 aliphatic carbocycles. The van der Waals surface area contributed by atoms with Crippen molar-refractivity contribution in [3.8, 4) is 0 Å². The number of pyridine rings is 1. The van der Waals surface area contributed by atoms with Gasteiger partial charge in [0.1, 0.15) is 6.10 Å². The second kappa shape index (κ2) is 7.06. The van der Waals surface area contributed by atoms with Gasteiger partial charge in [-0.15, -0.1) is 0 Å². The number of carbonyl (C=O) groups excluding carboxylic acids is 1. The maximum Gasteiger partial charge on any atom is 0.372 e. The molecule has 1 aromatic rings. The zero-order valence-corrected chi connectivity index (χ0v) is 13.7. The minimum atomic E-state index is -0.117. The van der Waals surface area contributed by atoms with Crippen LogP contribution in [-0.2, 0) is 16.1 Å². The van der Waals surface area contributed by atoms with Gasteiger partial charge in [0.25, 0.3) is 0 Å². The van der Waals surface area contributed by atoms with Crippen molar-refractivity contribution in [3.05, 3.63) is 30.1 Å². The molecule has 0 unspecified atom stereocenters. The molecule has 1 saturated carbocycles. The Morgan fingerprint density at radius 3 is 2.62 bits per heavy atom. The molecular weight excluding hydrogens is 262 g/mol. The monoisotopic (exact) mass is 290 g/mol. The molecule has 3 nitrogen and oxygen atoms in total. The van der Waals surface area contributed by atoms with E-state index < -0.39 is 0 Å². The summed E-state index contributed by atoms with van der Waals surface area (Å²) in [5, 5.41) is 0. The van der Waals surface area contributed by atoms with E-state index in [1.54, 1.807) is 0 Å². The van der Waals surface area contributed by atoms with E-state index in [9.17, 15) is 4.79 Å². The first-order chi connectivity index (χ1) is 9.95. The number of esters is 1. The smallest absolute Gasteiger partial charge is 0.372 e. The summed E-state index contributed by atoms with van der Waals surface area (Å²) in [6.45, 7) is 9.06. The second-order valence-corrected chi connectivity index (χ2v) is 6.90. The molecule has 116 valence electrons. The van der Waals surface area contributed by atoms with Crippen LogP contribution in [0.1, 0.15) is 45.6 Å². The fraction of sp³-hybridized carbons (Fsp3) is 0.667. The van der Waals surface area contributed by atoms with Gasteiger partial charge >= 0.3 is 5.97 Å². The van der Waals surface area contributed by atoms with E-state index >= 15 is 0 Å². The lowest BCUT2D eigenvalue weighted by molar-refractivity contribution is -0.686. The zero-order chi connectivity index (χ0) is 15.4. The van der Waals surface area contributed by atoms with Gasteiger partial charge in [-0.1, -0.05) is 27.2 Å². The molecule has 0 aliphatic heterocycles. The Labute approximate surface area is 128 Å². The number of aromatic nitrogens is 1. The first-order valence-corrected chi connectivity index (χ1v) is 8.11. The van der Waals surface area contributed by atoms with E-state index in [0.29, 0.717) is 24.3 Å². The van der Waals surface area contributed by atoms with Gasteiger partial charge < -0.3 is 4.74 Å². The van der Waals surface area contributed by atoms with Gasteiger partial charge in [0.05, 0.1) is 0 Å². The van der Waals surface area contributed by atoms with Crippen LogP contribution in [0.15, 0.2) is 24.5 Å². The summed E-state index contributed by atoms with van der Waals surface area (Å²) in [5.74, 6) is 1.62. The van der Waals surface area contributed by atoms with Gasteiger partial charge in [0.15, 0.2) is 12.4 Å². The number of hydrogen-bond acceptors (Lipinski definition) is 2. The summed E-state index contributed by atoms with van der Waals surface area (Å²) in [6.07, 6.45) is 7.39. The fourth-order valence-corrected chi connectivity index (χ4v) is 3.24. The SMILES string of the molecule is Cc1cc[n+](CC(=O)O[C@H]2C[C@H](C)CC[C@H]2C(C)C)cc1. The largest absolute Gasteiger partial charge is 0.457 e. The van der Waals surface area contributed by atoms with Crippen LogP contribution < -0.4 is 4.57 Å². The number of ether oxygens (including phenoxy) is 1. The van der Waals surface area contributed by atoms with Gasteiger partial charge in [0.2, 0.25) is 6.54 Å². The zero-order valence-electron chi connectivity index (χ0n) is 13.7. The molecular formula is C18H28NO2+. The van der Waals surface area contributed by atoms with Gasteiger partial charge in [-0.25, -0.2) is 4.79 Å². The van der Waals surface area contributed by atoms with Crippen LogP contribution in [0, 0.1) is 24.7 Å². The molecule has 0 bridgehead atoms. The standard InChI is InChI=1S/C18H28NO2/c1-13(2)16-6-5-15(4)11-17(16)21-18(20)12-19-9-7-14(3)8-10-19/h7-10,13,15-17H,5-6,11-12H2,1-4H3/q+1/t15-,16+,17+/m1/s1. The Hall–Kier alpha value is -1.38. The minimum absolute atomic E-state index is 0.0901. The Balaban J connectivity index is 1.94. The van der Waals surface area contributed by atoms with Gasteiger partial charge in [-0.3, -0.25) is 0 Å². The lowest BCUT2D eigenvalue weighted by Gasteiger charge is -2.36. The molecule has 1 aliphatic rings. The minimum Gasteiger partial charge on any atom is -0.457 e. The molecule has 21 heavy (non-hydrogen) atoms. The van der Waals surface area contributed by atoms with E-state index in [4.69, 9.17) is 4.74 Å². The third-order valence-electron chi connectivity index (χ3n) is 4.61. The molecule has 0 spiro atoms. The van der Waals surface area contributed by atoms with E-state index in [1.807, 2.05) is 36.0 Å². The third-order valence-corrected chi connectivity index (χ3v) is 4.61. The van der Waals surface area contributed by atoms with Crippen LogP contribution in [0.2, 0.25) is 0 Å². The maximum absolute atomic E-state index is 12.2. The van der Waals surface area contributed by atoms with E-state index in [2.05, 4.69) is 20.8 Å². The van der Waals surface area contributed by atoms with Crippen LogP contribution in [0.3, 0.4) is 0 Å². The van der Waals surface area contributed by atoms with Crippen molar-refractivity contribution < 1.29 is 14.1 Å². The molecule has 1 aromatic heterocycles. The van der Waals surface area contributed by atoms with E-state index in [0.717, 1.165) is 6.42 Å². The summed E-state index contributed by atoms with van der Waals surface area (Å²) in [4.78, 5) is 12.2. The number of carbonyl (C=O) groups is 1. The van der Waals surface area contributed by atoms with Crippen LogP contribution in [-0.4, -0.2) is 12.1 Å². The Morgan fingerprint density at radius 1 is 1.33 bits per heavy atom. The van der Waals surface area contributed by atoms with Crippen molar-refractivity contribution >= 4 is 5.97 Å². The predicted molar refractivity (Wildman–Crippen MR) is 82.6 cm³/mol. The van der Waals surface area contributed by atoms with Crippen LogP contribution >= 0.6 is 0 Å². The van der Waals surface area contributed by atoms with Crippen molar-refractivity contribution in [1.82, 2.24) is 0 Å². The lowest BCUT2D eigenvalue weighted by Crippen LogP contribution is -2.42. The molecule has 0 radical (unpaired) electrons. The van der Waals surface area contributed by atoms with Crippen LogP contribution in [0.25, 0.3) is 0 Å². The average molecular weight is 290 g/mol. The quantitative estimate of drug-likeness (QED) is 0.629. The van der Waals surface area contributed by atoms with Crippen LogP contribution in [0.4, 0.5) is 0 Å². The molecule has 0 saturated heterocycles. The number of hydrogen-bond donors (Lipinski definition) is 0. The third kappa shape index (κ3) is 4.55. The number of rotatable bonds is 4. The van der Waals surface area contributed by atoms with Crippen molar-refractivity contribution in [2.75, 3.05) is 0 Å². The highest BCUT2D eigenvalue weighted by molar-refractivity contribution is 5.67. The summed E-state index contributed by atoms with van der Waals surface area (Å²) >= 11 is 0. The molecule has 0 N–H and O–H groups in total. The number of nitrogens with zero attached hydrogens (tertiary/aromatic N) is 1. The summed E-state index contributed by atoms with van der Waals surface area (Å²) < 4.78 is 7.69. The Kier molecular flexibility index (Phi) is 5.38. The van der Waals surface area contributed by atoms with Gasteiger partial charge in [0, 0.05) is 12.1 Å². The second-order valence-electron chi connectivity index (χ2n) is 6.90. The predicted octanol–water partition coefficient (Wildman–Crippen LogP) is 3.29. The van der Waals surface area contributed by atoms with Crippen molar-refractivity contribution in [3.63, 3.8) is 0 Å². The number of aryl methyl sites for hydroxylation is 1. The Bertz CT molecular complexity index is 467. The molecule has 0 aromatic carbocycles. The van der Waals surface area contributed by atoms with Gasteiger partial charge in [-0.05, 0) is 43.1 Å². The molecule has 0 amide bonds. The van der Waals surface area contributed by atoms with Gasteiger partial charge in [-0.2, -0.15) is 4.57 Å². The lowest BCUT2D eigenvalue weighted by atomic mass is 9.75. The van der Waals surface area contributed by atoms with Crippen molar-refractivity contribution in [2.45, 2.75) is 59.6 Å². The molecule has 3 heteroatoms. The Morgan fingerprint density at radius 2 is 2.00 bits per heavy atom. The molecule has 1 heterocycles. The first-order valence-electron chi connectivity index (χ1n) is 8.11. The average Bonchev–Trinajstić information content (AvgIpc) is 2.41. The van der Waals surface area contributed by atoms with Crippen LogP contribution in [0.5, 0.6) is 0 Å². The normalized spacial score (nSPS) is 25.9. The molecule has 3 atom stereocenters. The van der Waals surface area contributed by atoms with Crippen molar-refractivity contribution in [2.24, 2.45) is 17.8 Å². The fourth-order valence-electron chi connectivity index (χ4n) is 3.24. The molecule has 2 rings (SSSR count). The summed E-state index contributed by atoms with van der Waals surface area (Å²) in [6, 6.07) is 4.01. The van der Waals surface area contributed by atoms with E-state index in [-0.39, 0.29) is 12.1 Å². The highest BCUT2D eigenvalue weighted by atomic mass is 16.5. The maximum atomic E-state index is 12.2. The first kappa shape index (κ1) is 16.0. The van der Waals surface area contributed by atoms with Crippen molar-refractivity contribution in [1.29, 1.82) is 0 Å². The molecule has 1 fully saturated rings.